The second-order valence-corrected chi connectivity index (χ2v) is 31.5. The third kappa shape index (κ3) is 15.8. The zero-order chi connectivity index (χ0) is 86.5. The second-order valence-electron chi connectivity index (χ2n) is 31.5. The zero-order valence-corrected chi connectivity index (χ0v) is 70.1. The Morgan fingerprint density at radius 1 is 0.123 bits per heavy atom. The molecule has 8 aromatic heterocycles. The molecule has 0 aliphatic rings. The van der Waals surface area contributed by atoms with Crippen molar-refractivity contribution in [3.63, 3.8) is 0 Å². The molecule has 0 aliphatic heterocycles. The molecule has 0 aliphatic carbocycles. The normalized spacial score (nSPS) is 11.2. The summed E-state index contributed by atoms with van der Waals surface area (Å²) in [4.78, 5) is 39.4. The average molecular weight is 1670 g/mol. The van der Waals surface area contributed by atoms with Crippen LogP contribution in [0.3, 0.4) is 0 Å². The fraction of sp³-hybridized carbons (Fsp3) is 0. The highest BCUT2D eigenvalue weighted by molar-refractivity contribution is 6.14. The first kappa shape index (κ1) is 78.3. The Morgan fingerprint density at radius 3 is 0.600 bits per heavy atom. The summed E-state index contributed by atoms with van der Waals surface area (Å²) in [5, 5.41) is 7.88. The maximum absolute atomic E-state index is 6.21. The summed E-state index contributed by atoms with van der Waals surface area (Å²) in [6, 6.07) is 157. The number of para-hydroxylation sites is 4. The lowest BCUT2D eigenvalue weighted by atomic mass is 9.99. The van der Waals surface area contributed by atoms with Gasteiger partial charge in [-0.05, 0) is 92.0 Å². The molecule has 0 spiro atoms. The molecule has 25 rings (SSSR count). The van der Waals surface area contributed by atoms with Gasteiger partial charge < -0.3 is 17.7 Å². The van der Waals surface area contributed by atoms with E-state index in [1.54, 1.807) is 0 Å². The minimum Gasteiger partial charge on any atom is -0.438 e. The van der Waals surface area contributed by atoms with E-state index in [0.717, 1.165) is 161 Å². The molecule has 12 nitrogen and oxygen atoms in total. The molecule has 0 atom stereocenters. The van der Waals surface area contributed by atoms with Gasteiger partial charge in [0.25, 0.3) is 0 Å². The van der Waals surface area contributed by atoms with Crippen LogP contribution < -0.4 is 0 Å². The fourth-order valence-electron chi connectivity index (χ4n) is 16.9. The van der Waals surface area contributed by atoms with E-state index < -0.39 is 0 Å². The van der Waals surface area contributed by atoms with Gasteiger partial charge in [0.15, 0.2) is 23.3 Å². The lowest BCUT2D eigenvalue weighted by molar-refractivity contribution is 0.653. The molecule has 130 heavy (non-hydrogen) atoms. The smallest absolute Gasteiger partial charge is 0.231 e. The van der Waals surface area contributed by atoms with E-state index in [1.165, 1.54) is 27.8 Å². The maximum atomic E-state index is 6.21. The molecule has 0 radical (unpaired) electrons. The van der Waals surface area contributed by atoms with Crippen molar-refractivity contribution in [2.75, 3.05) is 0 Å². The molecule has 17 aromatic carbocycles. The van der Waals surface area contributed by atoms with Crippen LogP contribution in [-0.4, -0.2) is 39.9 Å². The van der Waals surface area contributed by atoms with Crippen molar-refractivity contribution >= 4 is 88.3 Å². The first-order chi connectivity index (χ1) is 64.4. The van der Waals surface area contributed by atoms with Crippen molar-refractivity contribution in [3.8, 4) is 146 Å². The second kappa shape index (κ2) is 35.1. The Hall–Kier alpha value is -17.7. The molecule has 0 unspecified atom stereocenters. The number of hydrogen-bond donors (Lipinski definition) is 0. The van der Waals surface area contributed by atoms with Gasteiger partial charge in [-0.2, -0.15) is 19.9 Å². The lowest BCUT2D eigenvalue weighted by Gasteiger charge is -2.09. The predicted molar refractivity (Wildman–Crippen MR) is 528 cm³/mol. The van der Waals surface area contributed by atoms with Crippen molar-refractivity contribution in [2.24, 2.45) is 0 Å². The lowest BCUT2D eigenvalue weighted by Crippen LogP contribution is -1.94. The van der Waals surface area contributed by atoms with Crippen LogP contribution in [0, 0.1) is 0 Å². The number of fused-ring (bicyclic) bond motifs is 12. The Labute approximate surface area is 748 Å². The summed E-state index contributed by atoms with van der Waals surface area (Å²) >= 11 is 0. The van der Waals surface area contributed by atoms with Gasteiger partial charge in [-0.15, -0.1) is 0 Å². The SMILES string of the molecule is c1ccc(-c2ccc(-c3nc(-c4ccc(-c5ccccc5)cc4)c4c(n3)oc3ccccc34)cc2)cc1.c1ccc(-c2ccc(-c3nc(-c4ccccc4)c4c(n3)oc3ccccc34)cc2)cc1.c1ccc(-c2cccc(-c3nc(-c4ccccc4)c4c(n3)oc3ccccc34)c2)cc1.c1ccc(-c2cccc(-c3nc(-c4ccccc4)nc4oc5ccccc5c34)c2)cc1. The first-order valence-corrected chi connectivity index (χ1v) is 43.2. The van der Waals surface area contributed by atoms with Gasteiger partial charge in [0.2, 0.25) is 22.9 Å². The number of aromatic nitrogens is 8. The molecule has 0 bridgehead atoms. The van der Waals surface area contributed by atoms with Crippen molar-refractivity contribution in [1.82, 2.24) is 39.9 Å². The van der Waals surface area contributed by atoms with E-state index in [1.807, 2.05) is 206 Å². The summed E-state index contributed by atoms with van der Waals surface area (Å²) in [6.07, 6.45) is 0. The summed E-state index contributed by atoms with van der Waals surface area (Å²) in [5.74, 6) is 2.62. The van der Waals surface area contributed by atoms with Crippen molar-refractivity contribution < 1.29 is 17.7 Å². The van der Waals surface area contributed by atoms with Crippen molar-refractivity contribution in [3.05, 3.63) is 461 Å². The van der Waals surface area contributed by atoms with Gasteiger partial charge in [0.05, 0.1) is 44.3 Å². The van der Waals surface area contributed by atoms with Crippen LogP contribution in [0.25, 0.3) is 234 Å². The summed E-state index contributed by atoms with van der Waals surface area (Å²) in [5.41, 5.74) is 28.9. The Bertz CT molecular complexity index is 8350. The highest BCUT2D eigenvalue weighted by atomic mass is 16.4. The molecule has 12 heteroatoms. The van der Waals surface area contributed by atoms with Crippen LogP contribution in [0.5, 0.6) is 0 Å². The highest BCUT2D eigenvalue weighted by Crippen LogP contribution is 2.43. The van der Waals surface area contributed by atoms with Crippen molar-refractivity contribution in [1.29, 1.82) is 0 Å². The third-order valence-electron chi connectivity index (χ3n) is 23.3. The molecule has 0 saturated carbocycles. The van der Waals surface area contributed by atoms with Gasteiger partial charge in [-0.1, -0.05) is 425 Å². The standard InChI is InChI=1S/C34H22N2O.3C28H18N2O/c1-3-9-23(10-4-1)25-15-19-27(20-16-25)32-31-29-13-7-8-14-30(29)37-34(31)36-33(35-32)28-21-17-26(18-22-28)24-11-5-2-6-12-24;1-3-10-19(11-4-1)21-14-9-15-22(18-21)26-25-23-16-7-8-17-24(23)31-28(25)30-27(29-26)20-12-5-2-6-13-20;1-3-10-19(11-4-1)21-14-9-15-22(18-21)27-29-26(20-12-5-2-6-13-20)25-23-16-7-8-17-24(23)31-28(25)30-27;1-3-9-19(10-4-1)20-15-17-22(18-16-20)27-29-26(21-11-5-2-6-12-21)25-23-13-7-8-14-24(23)31-28(25)30-27/h1-22H;3*1-18H. The quantitative estimate of drug-likeness (QED) is 0.108. The van der Waals surface area contributed by atoms with Crippen LogP contribution >= 0.6 is 0 Å². The zero-order valence-electron chi connectivity index (χ0n) is 70.1. The molecule has 25 aromatic rings. The molecule has 612 valence electrons. The van der Waals surface area contributed by atoms with Gasteiger partial charge in [-0.3, -0.25) is 0 Å². The molecular formula is C118H76N8O4. The van der Waals surface area contributed by atoms with Crippen molar-refractivity contribution in [2.45, 2.75) is 0 Å². The van der Waals surface area contributed by atoms with Crippen LogP contribution in [-0.2, 0) is 0 Å². The molecular weight excluding hydrogens is 1590 g/mol. The minimum atomic E-state index is 0.598. The molecule has 0 N–H and O–H groups in total. The largest absolute Gasteiger partial charge is 0.438 e. The molecule has 0 amide bonds. The Balaban J connectivity index is 0.000000102. The number of rotatable bonds is 13. The van der Waals surface area contributed by atoms with Gasteiger partial charge in [0, 0.05) is 66.1 Å². The van der Waals surface area contributed by atoms with Gasteiger partial charge in [-0.25, -0.2) is 19.9 Å². The number of benzene rings is 17. The fourth-order valence-corrected chi connectivity index (χ4v) is 16.9. The van der Waals surface area contributed by atoms with E-state index in [-0.39, 0.29) is 0 Å². The summed E-state index contributed by atoms with van der Waals surface area (Å²) in [7, 11) is 0. The van der Waals surface area contributed by atoms with E-state index in [0.29, 0.717) is 46.2 Å². The maximum Gasteiger partial charge on any atom is 0.231 e. The average Bonchev–Trinajstić information content (AvgIpc) is 1.56. The third-order valence-corrected chi connectivity index (χ3v) is 23.3. The van der Waals surface area contributed by atoms with E-state index >= 15 is 0 Å². The molecule has 0 saturated heterocycles. The van der Waals surface area contributed by atoms with E-state index in [4.69, 9.17) is 57.5 Å². The topological polar surface area (TPSA) is 156 Å². The number of nitrogens with zero attached hydrogens (tertiary/aromatic N) is 8. The number of hydrogen-bond acceptors (Lipinski definition) is 12. The van der Waals surface area contributed by atoms with E-state index in [2.05, 4.69) is 255 Å². The monoisotopic (exact) mass is 1670 g/mol. The van der Waals surface area contributed by atoms with Crippen LogP contribution in [0.1, 0.15) is 0 Å². The van der Waals surface area contributed by atoms with Crippen LogP contribution in [0.2, 0.25) is 0 Å². The van der Waals surface area contributed by atoms with Crippen LogP contribution in [0.15, 0.2) is 479 Å². The first-order valence-electron chi connectivity index (χ1n) is 43.2. The van der Waals surface area contributed by atoms with E-state index in [9.17, 15) is 0 Å². The van der Waals surface area contributed by atoms with Gasteiger partial charge >= 0.3 is 0 Å². The summed E-state index contributed by atoms with van der Waals surface area (Å²) in [6.45, 7) is 0. The summed E-state index contributed by atoms with van der Waals surface area (Å²) < 4.78 is 24.6. The Kier molecular flexibility index (Phi) is 21.1. The predicted octanol–water partition coefficient (Wildman–Crippen LogP) is 31.2. The minimum absolute atomic E-state index is 0.598. The van der Waals surface area contributed by atoms with Crippen LogP contribution in [0.4, 0.5) is 0 Å². The Morgan fingerprint density at radius 2 is 0.300 bits per heavy atom. The highest BCUT2D eigenvalue weighted by Gasteiger charge is 2.24. The van der Waals surface area contributed by atoms with Gasteiger partial charge in [0.1, 0.15) is 22.3 Å². The molecule has 0 fully saturated rings. The number of furan rings is 4. The molecule has 8 heterocycles.